The first-order valence-corrected chi connectivity index (χ1v) is 8.95. The van der Waals surface area contributed by atoms with E-state index in [2.05, 4.69) is 25.7 Å². The van der Waals surface area contributed by atoms with Crippen molar-refractivity contribution in [2.75, 3.05) is 13.2 Å². The summed E-state index contributed by atoms with van der Waals surface area (Å²) >= 11 is 0. The van der Waals surface area contributed by atoms with E-state index in [1.807, 2.05) is 6.92 Å². The Morgan fingerprint density at radius 2 is 1.90 bits per heavy atom. The van der Waals surface area contributed by atoms with E-state index in [0.717, 1.165) is 18.9 Å². The smallest absolute Gasteiger partial charge is 0.308 e. The summed E-state index contributed by atoms with van der Waals surface area (Å²) in [6, 6.07) is 1.46. The van der Waals surface area contributed by atoms with Gasteiger partial charge in [-0.1, -0.05) is 20.3 Å². The van der Waals surface area contributed by atoms with Crippen LogP contribution in [-0.2, 0) is 9.53 Å². The molecule has 0 aliphatic heterocycles. The maximum atomic E-state index is 12.0. The minimum absolute atomic E-state index is 0.0390. The number of rotatable bonds is 7. The fourth-order valence-electron chi connectivity index (χ4n) is 3.67. The SMILES string of the molecule is CCOC(=O)[C@@H]1CCC[C@@H](CN(C2CC2)[C@@H](C)C(C)C)C1. The van der Waals surface area contributed by atoms with Gasteiger partial charge in [0, 0.05) is 18.6 Å². The maximum absolute atomic E-state index is 12.0. The summed E-state index contributed by atoms with van der Waals surface area (Å²) in [5.74, 6) is 1.57. The van der Waals surface area contributed by atoms with E-state index in [4.69, 9.17) is 4.74 Å². The lowest BCUT2D eigenvalue weighted by atomic mass is 9.81. The highest BCUT2D eigenvalue weighted by molar-refractivity contribution is 5.72. The van der Waals surface area contributed by atoms with Crippen LogP contribution in [0.1, 0.15) is 66.2 Å². The van der Waals surface area contributed by atoms with Crippen molar-refractivity contribution in [1.82, 2.24) is 4.90 Å². The second kappa shape index (κ2) is 7.62. The molecule has 2 saturated carbocycles. The third-order valence-corrected chi connectivity index (χ3v) is 5.38. The van der Waals surface area contributed by atoms with Gasteiger partial charge in [0.15, 0.2) is 0 Å². The molecule has 0 saturated heterocycles. The van der Waals surface area contributed by atoms with Crippen LogP contribution in [0.5, 0.6) is 0 Å². The Balaban J connectivity index is 1.89. The van der Waals surface area contributed by atoms with Crippen LogP contribution < -0.4 is 0 Å². The monoisotopic (exact) mass is 295 g/mol. The lowest BCUT2D eigenvalue weighted by molar-refractivity contribution is -0.149. The fourth-order valence-corrected chi connectivity index (χ4v) is 3.67. The zero-order valence-electron chi connectivity index (χ0n) is 14.3. The minimum atomic E-state index is 0.0390. The highest BCUT2D eigenvalue weighted by atomic mass is 16.5. The van der Waals surface area contributed by atoms with E-state index in [1.54, 1.807) is 0 Å². The molecule has 0 N–H and O–H groups in total. The first-order valence-electron chi connectivity index (χ1n) is 8.95. The molecule has 3 nitrogen and oxygen atoms in total. The van der Waals surface area contributed by atoms with Gasteiger partial charge in [0.2, 0.25) is 0 Å². The van der Waals surface area contributed by atoms with Gasteiger partial charge < -0.3 is 4.74 Å². The van der Waals surface area contributed by atoms with E-state index < -0.39 is 0 Å². The van der Waals surface area contributed by atoms with Gasteiger partial charge in [-0.15, -0.1) is 0 Å². The lowest BCUT2D eigenvalue weighted by Gasteiger charge is -2.37. The van der Waals surface area contributed by atoms with E-state index in [-0.39, 0.29) is 11.9 Å². The Bertz CT molecular complexity index is 338. The molecular weight excluding hydrogens is 262 g/mol. The zero-order valence-corrected chi connectivity index (χ0v) is 14.3. The molecular formula is C18H33NO2. The summed E-state index contributed by atoms with van der Waals surface area (Å²) in [5, 5.41) is 0. The fraction of sp³-hybridized carbons (Fsp3) is 0.944. The van der Waals surface area contributed by atoms with Gasteiger partial charge in [0.1, 0.15) is 0 Å². The normalized spacial score (nSPS) is 27.9. The highest BCUT2D eigenvalue weighted by Gasteiger charge is 2.36. The van der Waals surface area contributed by atoms with Gasteiger partial charge in [0.25, 0.3) is 0 Å². The molecule has 2 aliphatic rings. The van der Waals surface area contributed by atoms with Crippen molar-refractivity contribution in [2.45, 2.75) is 78.3 Å². The van der Waals surface area contributed by atoms with Crippen LogP contribution in [0.3, 0.4) is 0 Å². The van der Waals surface area contributed by atoms with Crippen molar-refractivity contribution in [3.8, 4) is 0 Å². The van der Waals surface area contributed by atoms with Gasteiger partial charge in [0.05, 0.1) is 12.5 Å². The van der Waals surface area contributed by atoms with E-state index >= 15 is 0 Å². The van der Waals surface area contributed by atoms with E-state index in [9.17, 15) is 4.79 Å². The number of carbonyl (C=O) groups is 1. The third-order valence-electron chi connectivity index (χ3n) is 5.38. The Hall–Kier alpha value is -0.570. The summed E-state index contributed by atoms with van der Waals surface area (Å²) in [5.41, 5.74) is 0. The molecule has 122 valence electrons. The minimum Gasteiger partial charge on any atom is -0.466 e. The molecule has 2 aliphatic carbocycles. The van der Waals surface area contributed by atoms with Crippen LogP contribution in [0.2, 0.25) is 0 Å². The molecule has 21 heavy (non-hydrogen) atoms. The molecule has 0 aromatic carbocycles. The van der Waals surface area contributed by atoms with Crippen LogP contribution in [-0.4, -0.2) is 36.1 Å². The van der Waals surface area contributed by atoms with Gasteiger partial charge in [-0.2, -0.15) is 0 Å². The molecule has 0 aromatic rings. The quantitative estimate of drug-likeness (QED) is 0.668. The average Bonchev–Trinajstić information content (AvgIpc) is 3.29. The van der Waals surface area contributed by atoms with Crippen molar-refractivity contribution < 1.29 is 9.53 Å². The van der Waals surface area contributed by atoms with Crippen molar-refractivity contribution in [3.05, 3.63) is 0 Å². The lowest BCUT2D eigenvalue weighted by Crippen LogP contribution is -2.42. The molecule has 3 heteroatoms. The molecule has 0 heterocycles. The van der Waals surface area contributed by atoms with Crippen LogP contribution in [0, 0.1) is 17.8 Å². The number of hydrogen-bond acceptors (Lipinski definition) is 3. The van der Waals surface area contributed by atoms with Crippen molar-refractivity contribution in [3.63, 3.8) is 0 Å². The second-order valence-electron chi connectivity index (χ2n) is 7.39. The maximum Gasteiger partial charge on any atom is 0.308 e. The van der Waals surface area contributed by atoms with Crippen LogP contribution in [0.4, 0.5) is 0 Å². The number of carbonyl (C=O) groups excluding carboxylic acids is 1. The van der Waals surface area contributed by atoms with Crippen molar-refractivity contribution in [1.29, 1.82) is 0 Å². The summed E-state index contributed by atoms with van der Waals surface area (Å²) in [6.45, 7) is 10.6. The number of ether oxygens (including phenoxy) is 1. The molecule has 0 amide bonds. The second-order valence-corrected chi connectivity index (χ2v) is 7.39. The molecule has 0 aromatic heterocycles. The van der Waals surface area contributed by atoms with Gasteiger partial charge in [-0.25, -0.2) is 0 Å². The highest BCUT2D eigenvalue weighted by Crippen LogP contribution is 2.36. The van der Waals surface area contributed by atoms with Crippen LogP contribution in [0.25, 0.3) is 0 Å². The Morgan fingerprint density at radius 1 is 1.19 bits per heavy atom. The predicted octanol–water partition coefficient (Wildman–Crippen LogP) is 3.86. The Labute approximate surface area is 130 Å². The van der Waals surface area contributed by atoms with Crippen molar-refractivity contribution >= 4 is 5.97 Å². The first-order chi connectivity index (χ1) is 10.0. The molecule has 0 spiro atoms. The van der Waals surface area contributed by atoms with Crippen LogP contribution in [0.15, 0.2) is 0 Å². The van der Waals surface area contributed by atoms with Crippen molar-refractivity contribution in [2.24, 2.45) is 17.8 Å². The molecule has 0 unspecified atom stereocenters. The molecule has 0 radical (unpaired) electrons. The molecule has 3 atom stereocenters. The number of nitrogens with zero attached hydrogens (tertiary/aromatic N) is 1. The van der Waals surface area contributed by atoms with Crippen LogP contribution >= 0.6 is 0 Å². The summed E-state index contributed by atoms with van der Waals surface area (Å²) < 4.78 is 5.23. The van der Waals surface area contributed by atoms with Gasteiger partial charge in [-0.05, 0) is 57.8 Å². The molecule has 2 fully saturated rings. The third kappa shape index (κ3) is 4.70. The summed E-state index contributed by atoms with van der Waals surface area (Å²) in [6.07, 6.45) is 7.26. The Kier molecular flexibility index (Phi) is 6.09. The van der Waals surface area contributed by atoms with E-state index in [1.165, 1.54) is 32.2 Å². The largest absolute Gasteiger partial charge is 0.466 e. The predicted molar refractivity (Wildman–Crippen MR) is 86.1 cm³/mol. The van der Waals surface area contributed by atoms with E-state index in [0.29, 0.717) is 24.5 Å². The Morgan fingerprint density at radius 3 is 2.48 bits per heavy atom. The zero-order chi connectivity index (χ0) is 15.4. The standard InChI is InChI=1S/C18H33NO2/c1-5-21-18(20)16-8-6-7-15(11-16)12-19(17-9-10-17)14(4)13(2)3/h13-17H,5-12H2,1-4H3/t14-,15+,16+/m0/s1. The first kappa shape index (κ1) is 16.8. The summed E-state index contributed by atoms with van der Waals surface area (Å²) in [4.78, 5) is 14.7. The number of hydrogen-bond donors (Lipinski definition) is 0. The molecule has 0 bridgehead atoms. The average molecular weight is 295 g/mol. The number of esters is 1. The topological polar surface area (TPSA) is 29.5 Å². The van der Waals surface area contributed by atoms with Gasteiger partial charge in [-0.3, -0.25) is 9.69 Å². The molecule has 2 rings (SSSR count). The van der Waals surface area contributed by atoms with Gasteiger partial charge >= 0.3 is 5.97 Å². The summed E-state index contributed by atoms with van der Waals surface area (Å²) in [7, 11) is 0.